The molecule has 2 rings (SSSR count). The highest BCUT2D eigenvalue weighted by atomic mass is 32.1. The topological polar surface area (TPSA) is 77.3 Å². The molecule has 0 aliphatic carbocycles. The standard InChI is InChI=1S/C18H24N4O3S/c1-5-7-10-22(15(23)9-8-14-11-19-21(4)12-14)18-20-13(3)16(26-18)17(24)25-6-2/h8-9,11-12H,5-7,10H2,1-4H3/b9-8+. The predicted octanol–water partition coefficient (Wildman–Crippen LogP) is 3.21. The Morgan fingerprint density at radius 2 is 2.15 bits per heavy atom. The van der Waals surface area contributed by atoms with Crippen LogP contribution in [-0.4, -0.2) is 39.8 Å². The molecular formula is C18H24N4O3S. The quantitative estimate of drug-likeness (QED) is 0.522. The number of ether oxygens (including phenoxy) is 1. The Bertz CT molecular complexity index is 794. The summed E-state index contributed by atoms with van der Waals surface area (Å²) < 4.78 is 6.73. The summed E-state index contributed by atoms with van der Waals surface area (Å²) in [5, 5.41) is 4.59. The largest absolute Gasteiger partial charge is 0.462 e. The highest BCUT2D eigenvalue weighted by Crippen LogP contribution is 2.27. The second kappa shape index (κ2) is 9.28. The van der Waals surface area contributed by atoms with Crippen molar-refractivity contribution in [2.75, 3.05) is 18.1 Å². The average molecular weight is 376 g/mol. The molecule has 0 atom stereocenters. The van der Waals surface area contributed by atoms with Gasteiger partial charge in [0.15, 0.2) is 5.13 Å². The molecular weight excluding hydrogens is 352 g/mol. The van der Waals surface area contributed by atoms with Crippen molar-refractivity contribution >= 4 is 34.4 Å². The van der Waals surface area contributed by atoms with E-state index in [0.717, 1.165) is 18.4 Å². The van der Waals surface area contributed by atoms with Gasteiger partial charge in [0.05, 0.1) is 18.5 Å². The number of hydrogen-bond acceptors (Lipinski definition) is 6. The van der Waals surface area contributed by atoms with Crippen molar-refractivity contribution in [3.8, 4) is 0 Å². The van der Waals surface area contributed by atoms with Gasteiger partial charge < -0.3 is 4.74 Å². The molecule has 140 valence electrons. The number of thiazole rings is 1. The minimum absolute atomic E-state index is 0.175. The van der Waals surface area contributed by atoms with Gasteiger partial charge in [-0.25, -0.2) is 9.78 Å². The molecule has 0 aliphatic heterocycles. The number of hydrogen-bond donors (Lipinski definition) is 0. The van der Waals surface area contributed by atoms with Crippen LogP contribution in [0.4, 0.5) is 5.13 Å². The molecule has 0 bridgehead atoms. The van der Waals surface area contributed by atoms with Crippen LogP contribution in [-0.2, 0) is 16.6 Å². The van der Waals surface area contributed by atoms with Gasteiger partial charge in [-0.3, -0.25) is 14.4 Å². The molecule has 0 aromatic carbocycles. The number of anilines is 1. The van der Waals surface area contributed by atoms with Crippen molar-refractivity contribution in [3.05, 3.63) is 34.6 Å². The molecule has 0 saturated heterocycles. The first-order chi connectivity index (χ1) is 12.5. The molecule has 0 aliphatic rings. The summed E-state index contributed by atoms with van der Waals surface area (Å²) in [6, 6.07) is 0. The molecule has 2 heterocycles. The van der Waals surface area contributed by atoms with E-state index < -0.39 is 5.97 Å². The molecule has 0 fully saturated rings. The Balaban J connectivity index is 2.23. The lowest BCUT2D eigenvalue weighted by atomic mass is 10.3. The summed E-state index contributed by atoms with van der Waals surface area (Å²) in [7, 11) is 1.82. The number of rotatable bonds is 8. The zero-order chi connectivity index (χ0) is 19.1. The van der Waals surface area contributed by atoms with E-state index in [4.69, 9.17) is 4.74 Å². The van der Waals surface area contributed by atoms with E-state index in [9.17, 15) is 9.59 Å². The molecule has 0 saturated carbocycles. The van der Waals surface area contributed by atoms with Crippen molar-refractivity contribution in [1.29, 1.82) is 0 Å². The third kappa shape index (κ3) is 5.01. The number of esters is 1. The fraction of sp³-hybridized carbons (Fsp3) is 0.444. The predicted molar refractivity (Wildman–Crippen MR) is 102 cm³/mol. The van der Waals surface area contributed by atoms with Gasteiger partial charge in [-0.2, -0.15) is 5.10 Å². The van der Waals surface area contributed by atoms with Crippen molar-refractivity contribution in [3.63, 3.8) is 0 Å². The number of unbranched alkanes of at least 4 members (excludes halogenated alkanes) is 1. The Morgan fingerprint density at radius 1 is 1.38 bits per heavy atom. The highest BCUT2D eigenvalue weighted by molar-refractivity contribution is 7.17. The van der Waals surface area contributed by atoms with E-state index in [-0.39, 0.29) is 5.91 Å². The van der Waals surface area contributed by atoms with Gasteiger partial charge in [0.25, 0.3) is 5.91 Å². The fourth-order valence-electron chi connectivity index (χ4n) is 2.28. The maximum absolute atomic E-state index is 12.7. The van der Waals surface area contributed by atoms with E-state index in [1.54, 1.807) is 35.7 Å². The van der Waals surface area contributed by atoms with Crippen LogP contribution in [0.5, 0.6) is 0 Å². The molecule has 7 nitrogen and oxygen atoms in total. The van der Waals surface area contributed by atoms with Gasteiger partial charge in [-0.05, 0) is 26.3 Å². The van der Waals surface area contributed by atoms with E-state index in [1.807, 2.05) is 13.2 Å². The monoisotopic (exact) mass is 376 g/mol. The van der Waals surface area contributed by atoms with Gasteiger partial charge in [0, 0.05) is 31.4 Å². The van der Waals surface area contributed by atoms with Gasteiger partial charge in [-0.1, -0.05) is 24.7 Å². The highest BCUT2D eigenvalue weighted by Gasteiger charge is 2.22. The van der Waals surface area contributed by atoms with Crippen molar-refractivity contribution in [1.82, 2.24) is 14.8 Å². The maximum atomic E-state index is 12.7. The minimum atomic E-state index is -0.400. The smallest absolute Gasteiger partial charge is 0.350 e. The second-order valence-corrected chi connectivity index (χ2v) is 6.73. The zero-order valence-corrected chi connectivity index (χ0v) is 16.4. The number of aromatic nitrogens is 3. The first-order valence-electron chi connectivity index (χ1n) is 8.59. The first-order valence-corrected chi connectivity index (χ1v) is 9.40. The number of amides is 1. The summed E-state index contributed by atoms with van der Waals surface area (Å²) in [6.07, 6.45) is 8.54. The number of nitrogens with zero attached hydrogens (tertiary/aromatic N) is 4. The molecule has 0 radical (unpaired) electrons. The lowest BCUT2D eigenvalue weighted by Gasteiger charge is -2.17. The van der Waals surface area contributed by atoms with E-state index in [2.05, 4.69) is 17.0 Å². The lowest BCUT2D eigenvalue weighted by molar-refractivity contribution is -0.114. The maximum Gasteiger partial charge on any atom is 0.350 e. The van der Waals surface area contributed by atoms with E-state index in [0.29, 0.717) is 28.9 Å². The third-order valence-corrected chi connectivity index (χ3v) is 4.78. The third-order valence-electron chi connectivity index (χ3n) is 3.62. The summed E-state index contributed by atoms with van der Waals surface area (Å²) in [6.45, 7) is 6.42. The van der Waals surface area contributed by atoms with Crippen LogP contribution >= 0.6 is 11.3 Å². The van der Waals surface area contributed by atoms with Crippen LogP contribution in [0.1, 0.15) is 47.6 Å². The van der Waals surface area contributed by atoms with Crippen molar-refractivity contribution < 1.29 is 14.3 Å². The number of aryl methyl sites for hydroxylation is 2. The SMILES string of the molecule is CCCCN(C(=O)/C=C/c1cnn(C)c1)c1nc(C)c(C(=O)OCC)s1. The van der Waals surface area contributed by atoms with Gasteiger partial charge in [0.1, 0.15) is 4.88 Å². The van der Waals surface area contributed by atoms with Crippen molar-refractivity contribution in [2.24, 2.45) is 7.05 Å². The second-order valence-electron chi connectivity index (χ2n) is 5.76. The average Bonchev–Trinajstić information content (AvgIpc) is 3.19. The molecule has 26 heavy (non-hydrogen) atoms. The molecule has 8 heteroatoms. The molecule has 0 spiro atoms. The molecule has 0 N–H and O–H groups in total. The Hall–Kier alpha value is -2.48. The first kappa shape index (κ1) is 19.8. The van der Waals surface area contributed by atoms with Crippen LogP contribution < -0.4 is 4.90 Å². The summed E-state index contributed by atoms with van der Waals surface area (Å²) >= 11 is 1.19. The molecule has 2 aromatic heterocycles. The van der Waals surface area contributed by atoms with Gasteiger partial charge in [0.2, 0.25) is 0 Å². The molecule has 0 unspecified atom stereocenters. The van der Waals surface area contributed by atoms with Crippen LogP contribution in [0.2, 0.25) is 0 Å². The van der Waals surface area contributed by atoms with Gasteiger partial charge in [-0.15, -0.1) is 0 Å². The summed E-state index contributed by atoms with van der Waals surface area (Å²) in [4.78, 5) is 31.2. The van der Waals surface area contributed by atoms with E-state index in [1.165, 1.54) is 17.4 Å². The fourth-order valence-corrected chi connectivity index (χ4v) is 3.28. The molecule has 2 aromatic rings. The Morgan fingerprint density at radius 3 is 2.77 bits per heavy atom. The Kier molecular flexibility index (Phi) is 7.08. The van der Waals surface area contributed by atoms with Gasteiger partial charge >= 0.3 is 5.97 Å². The van der Waals surface area contributed by atoms with Crippen molar-refractivity contribution in [2.45, 2.75) is 33.6 Å². The summed E-state index contributed by atoms with van der Waals surface area (Å²) in [5.74, 6) is -0.575. The van der Waals surface area contributed by atoms with Crippen LogP contribution in [0, 0.1) is 6.92 Å². The van der Waals surface area contributed by atoms with Crippen LogP contribution in [0.25, 0.3) is 6.08 Å². The van der Waals surface area contributed by atoms with E-state index >= 15 is 0 Å². The van der Waals surface area contributed by atoms with Crippen LogP contribution in [0.3, 0.4) is 0 Å². The molecule has 1 amide bonds. The number of carbonyl (C=O) groups excluding carboxylic acids is 2. The lowest BCUT2D eigenvalue weighted by Crippen LogP contribution is -2.30. The minimum Gasteiger partial charge on any atom is -0.462 e. The summed E-state index contributed by atoms with van der Waals surface area (Å²) in [5.41, 5.74) is 1.42. The Labute approximate surface area is 157 Å². The van der Waals surface area contributed by atoms with Crippen LogP contribution in [0.15, 0.2) is 18.5 Å². The number of carbonyl (C=O) groups is 2. The normalized spacial score (nSPS) is 11.1. The zero-order valence-electron chi connectivity index (χ0n) is 15.6.